The number of aromatic nitrogens is 2. The summed E-state index contributed by atoms with van der Waals surface area (Å²) in [5, 5.41) is 5.78. The Labute approximate surface area is 112 Å². The lowest BCUT2D eigenvalue weighted by atomic mass is 10.1. The van der Waals surface area contributed by atoms with Crippen molar-refractivity contribution in [2.24, 2.45) is 0 Å². The van der Waals surface area contributed by atoms with Gasteiger partial charge in [0.1, 0.15) is 11.7 Å². The molecule has 7 heteroatoms. The van der Waals surface area contributed by atoms with E-state index in [1.165, 1.54) is 0 Å². The third kappa shape index (κ3) is 2.21. The fraction of sp³-hybridized carbons (Fsp3) is 0.583. The zero-order valence-electron chi connectivity index (χ0n) is 11.8. The van der Waals surface area contributed by atoms with Crippen LogP contribution in [0.2, 0.25) is 0 Å². The molecule has 0 fully saturated rings. The normalized spacial score (nSPS) is 19.7. The Kier molecular flexibility index (Phi) is 3.57. The van der Waals surface area contributed by atoms with Gasteiger partial charge in [-0.1, -0.05) is 0 Å². The molecule has 2 atom stereocenters. The van der Waals surface area contributed by atoms with Gasteiger partial charge in [0.05, 0.1) is 11.8 Å². The minimum absolute atomic E-state index is 0.103. The van der Waals surface area contributed by atoms with E-state index in [4.69, 9.17) is 4.74 Å². The van der Waals surface area contributed by atoms with Gasteiger partial charge in [0.2, 0.25) is 11.9 Å². The second kappa shape index (κ2) is 5.00. The number of rotatable bonds is 3. The lowest BCUT2D eigenvalue weighted by Gasteiger charge is -2.37. The number of hydrogen-bond donors (Lipinski definition) is 2. The van der Waals surface area contributed by atoms with Crippen LogP contribution >= 0.6 is 0 Å². The molecule has 0 bridgehead atoms. The quantitative estimate of drug-likeness (QED) is 0.834. The molecule has 2 heterocycles. The third-order valence-electron chi connectivity index (χ3n) is 3.38. The highest BCUT2D eigenvalue weighted by Gasteiger charge is 2.37. The average molecular weight is 265 g/mol. The summed E-state index contributed by atoms with van der Waals surface area (Å²) in [5.74, 6) is 1.13. The van der Waals surface area contributed by atoms with Gasteiger partial charge in [-0.05, 0) is 13.8 Å². The molecule has 0 aliphatic carbocycles. The SMILES string of the molecule is CNc1nc(C)c2c(n1)N(C)[C@@H]([C@@H](C)OC)C(=O)N2. The van der Waals surface area contributed by atoms with Crippen molar-refractivity contribution < 1.29 is 9.53 Å². The van der Waals surface area contributed by atoms with Gasteiger partial charge in [-0.2, -0.15) is 4.98 Å². The average Bonchev–Trinajstić information content (AvgIpc) is 2.39. The van der Waals surface area contributed by atoms with Gasteiger partial charge in [0.25, 0.3) is 0 Å². The van der Waals surface area contributed by atoms with E-state index in [0.29, 0.717) is 17.5 Å². The number of carbonyl (C=O) groups is 1. The highest BCUT2D eigenvalue weighted by atomic mass is 16.5. The predicted octanol–water partition coefficient (Wildman–Crippen LogP) is 0.619. The standard InChI is InChI=1S/C12H19N5O2/c1-6-8-10(16-12(13-3)14-6)17(4)9(7(2)19-5)11(18)15-8/h7,9H,1-5H3,(H,15,18)(H,13,14,16)/t7-,9+/m1/s1. The van der Waals surface area contributed by atoms with Crippen LogP contribution in [0.5, 0.6) is 0 Å². The second-order valence-corrected chi connectivity index (χ2v) is 4.57. The topological polar surface area (TPSA) is 79.4 Å². The highest BCUT2D eigenvalue weighted by Crippen LogP contribution is 2.33. The molecule has 1 aliphatic heterocycles. The highest BCUT2D eigenvalue weighted by molar-refractivity contribution is 6.03. The molecular formula is C12H19N5O2. The maximum absolute atomic E-state index is 12.2. The Morgan fingerprint density at radius 3 is 2.74 bits per heavy atom. The van der Waals surface area contributed by atoms with Crippen molar-refractivity contribution >= 4 is 23.4 Å². The van der Waals surface area contributed by atoms with Crippen LogP contribution in [-0.2, 0) is 9.53 Å². The number of fused-ring (bicyclic) bond motifs is 1. The van der Waals surface area contributed by atoms with E-state index in [2.05, 4.69) is 20.6 Å². The van der Waals surface area contributed by atoms with E-state index in [1.807, 2.05) is 25.8 Å². The Morgan fingerprint density at radius 1 is 1.47 bits per heavy atom. The van der Waals surface area contributed by atoms with Crippen molar-refractivity contribution in [3.63, 3.8) is 0 Å². The van der Waals surface area contributed by atoms with Gasteiger partial charge in [0.15, 0.2) is 5.82 Å². The van der Waals surface area contributed by atoms with Gasteiger partial charge < -0.3 is 20.3 Å². The molecule has 1 amide bonds. The summed E-state index contributed by atoms with van der Waals surface area (Å²) in [4.78, 5) is 22.7. The molecule has 2 N–H and O–H groups in total. The fourth-order valence-electron chi connectivity index (χ4n) is 2.23. The number of methoxy groups -OCH3 is 1. The summed E-state index contributed by atoms with van der Waals surface area (Å²) < 4.78 is 5.27. The molecule has 0 aromatic carbocycles. The maximum atomic E-state index is 12.2. The predicted molar refractivity (Wildman–Crippen MR) is 73.6 cm³/mol. The number of anilines is 3. The number of carbonyl (C=O) groups excluding carboxylic acids is 1. The number of aryl methyl sites for hydroxylation is 1. The molecule has 1 aromatic rings. The van der Waals surface area contributed by atoms with E-state index >= 15 is 0 Å². The lowest BCUT2D eigenvalue weighted by molar-refractivity contribution is -0.120. The van der Waals surface area contributed by atoms with Crippen LogP contribution in [-0.4, -0.2) is 49.2 Å². The van der Waals surface area contributed by atoms with Crippen LogP contribution in [0.1, 0.15) is 12.6 Å². The molecule has 2 rings (SSSR count). The first-order chi connectivity index (χ1) is 8.99. The molecule has 0 saturated carbocycles. The number of likely N-dealkylation sites (N-methyl/N-ethyl adjacent to an activating group) is 1. The third-order valence-corrected chi connectivity index (χ3v) is 3.38. The van der Waals surface area contributed by atoms with Crippen molar-refractivity contribution in [2.75, 3.05) is 36.7 Å². The Balaban J connectivity index is 2.49. The summed E-state index contributed by atoms with van der Waals surface area (Å²) >= 11 is 0. The van der Waals surface area contributed by atoms with Crippen molar-refractivity contribution in [3.05, 3.63) is 5.69 Å². The molecule has 0 spiro atoms. The van der Waals surface area contributed by atoms with Gasteiger partial charge in [-0.25, -0.2) is 4.98 Å². The maximum Gasteiger partial charge on any atom is 0.249 e. The van der Waals surface area contributed by atoms with Crippen LogP contribution in [0, 0.1) is 6.92 Å². The number of amides is 1. The summed E-state index contributed by atoms with van der Waals surface area (Å²) in [6.07, 6.45) is -0.230. The first-order valence-corrected chi connectivity index (χ1v) is 6.12. The Hall–Kier alpha value is -1.89. The van der Waals surface area contributed by atoms with E-state index in [1.54, 1.807) is 14.2 Å². The van der Waals surface area contributed by atoms with Crippen molar-refractivity contribution in [1.82, 2.24) is 9.97 Å². The van der Waals surface area contributed by atoms with E-state index in [0.717, 1.165) is 5.69 Å². The van der Waals surface area contributed by atoms with Crippen molar-refractivity contribution in [2.45, 2.75) is 26.0 Å². The monoisotopic (exact) mass is 265 g/mol. The minimum atomic E-state index is -0.406. The molecule has 104 valence electrons. The molecule has 19 heavy (non-hydrogen) atoms. The van der Waals surface area contributed by atoms with Crippen LogP contribution in [0.3, 0.4) is 0 Å². The van der Waals surface area contributed by atoms with Gasteiger partial charge >= 0.3 is 0 Å². The summed E-state index contributed by atoms with van der Waals surface area (Å²) in [6, 6.07) is -0.406. The molecular weight excluding hydrogens is 246 g/mol. The molecule has 1 aliphatic rings. The van der Waals surface area contributed by atoms with E-state index < -0.39 is 6.04 Å². The molecule has 0 unspecified atom stereocenters. The van der Waals surface area contributed by atoms with Crippen LogP contribution in [0.25, 0.3) is 0 Å². The fourth-order valence-corrected chi connectivity index (χ4v) is 2.23. The number of ether oxygens (including phenoxy) is 1. The van der Waals surface area contributed by atoms with Crippen molar-refractivity contribution in [1.29, 1.82) is 0 Å². The summed E-state index contributed by atoms with van der Waals surface area (Å²) in [5.41, 5.74) is 1.39. The van der Waals surface area contributed by atoms with Gasteiger partial charge in [0, 0.05) is 21.2 Å². The lowest BCUT2D eigenvalue weighted by Crippen LogP contribution is -2.53. The van der Waals surface area contributed by atoms with E-state index in [-0.39, 0.29) is 12.0 Å². The number of nitrogens with one attached hydrogen (secondary N) is 2. The van der Waals surface area contributed by atoms with Gasteiger partial charge in [-0.3, -0.25) is 4.79 Å². The second-order valence-electron chi connectivity index (χ2n) is 4.57. The summed E-state index contributed by atoms with van der Waals surface area (Å²) in [6.45, 7) is 3.70. The summed E-state index contributed by atoms with van der Waals surface area (Å²) in [7, 11) is 5.19. The van der Waals surface area contributed by atoms with Crippen LogP contribution in [0.4, 0.5) is 17.5 Å². The van der Waals surface area contributed by atoms with Crippen LogP contribution in [0.15, 0.2) is 0 Å². The Bertz CT molecular complexity index is 505. The number of nitrogens with zero attached hydrogens (tertiary/aromatic N) is 3. The van der Waals surface area contributed by atoms with Gasteiger partial charge in [-0.15, -0.1) is 0 Å². The number of hydrogen-bond acceptors (Lipinski definition) is 6. The van der Waals surface area contributed by atoms with Crippen molar-refractivity contribution in [3.8, 4) is 0 Å². The first kappa shape index (κ1) is 13.5. The largest absolute Gasteiger partial charge is 0.379 e. The molecule has 0 radical (unpaired) electrons. The molecule has 0 saturated heterocycles. The zero-order valence-corrected chi connectivity index (χ0v) is 11.8. The Morgan fingerprint density at radius 2 is 2.16 bits per heavy atom. The molecule has 7 nitrogen and oxygen atoms in total. The first-order valence-electron chi connectivity index (χ1n) is 6.12. The molecule has 1 aromatic heterocycles. The smallest absolute Gasteiger partial charge is 0.249 e. The van der Waals surface area contributed by atoms with Crippen LogP contribution < -0.4 is 15.5 Å². The minimum Gasteiger partial charge on any atom is -0.379 e. The zero-order chi connectivity index (χ0) is 14.2. The van der Waals surface area contributed by atoms with E-state index in [9.17, 15) is 4.79 Å².